The lowest BCUT2D eigenvalue weighted by atomic mass is 10.1. The summed E-state index contributed by atoms with van der Waals surface area (Å²) < 4.78 is 5.92. The molecule has 1 unspecified atom stereocenters. The van der Waals surface area contributed by atoms with E-state index in [0.717, 1.165) is 18.4 Å². The summed E-state index contributed by atoms with van der Waals surface area (Å²) in [6.45, 7) is 2.97. The lowest BCUT2D eigenvalue weighted by Gasteiger charge is -2.18. The van der Waals surface area contributed by atoms with E-state index >= 15 is 0 Å². The Morgan fingerprint density at radius 2 is 1.88 bits per heavy atom. The summed E-state index contributed by atoms with van der Waals surface area (Å²) in [6.07, 6.45) is 2.29. The predicted octanol–water partition coefficient (Wildman–Crippen LogP) is 3.46. The van der Waals surface area contributed by atoms with Crippen molar-refractivity contribution in [3.8, 4) is 5.75 Å². The van der Waals surface area contributed by atoms with Crippen LogP contribution in [0.2, 0.25) is 0 Å². The summed E-state index contributed by atoms with van der Waals surface area (Å²) in [5.74, 6) is 1.02. The molecule has 2 aromatic carbocycles. The quantitative estimate of drug-likeness (QED) is 0.794. The molecule has 0 spiro atoms. The molecular weight excluding hydrogens is 336 g/mol. The van der Waals surface area contributed by atoms with Crippen LogP contribution < -0.4 is 15.8 Å². The van der Waals surface area contributed by atoms with Gasteiger partial charge in [0.1, 0.15) is 12.4 Å². The summed E-state index contributed by atoms with van der Waals surface area (Å²) in [5.41, 5.74) is 8.64. The molecule has 1 amide bonds. The van der Waals surface area contributed by atoms with Crippen LogP contribution in [0.15, 0.2) is 48.5 Å². The first kappa shape index (κ1) is 19.3. The van der Waals surface area contributed by atoms with Crippen molar-refractivity contribution in [2.24, 2.45) is 11.7 Å². The van der Waals surface area contributed by atoms with E-state index in [9.17, 15) is 4.79 Å². The van der Waals surface area contributed by atoms with Gasteiger partial charge in [-0.15, -0.1) is 12.4 Å². The fraction of sp³-hybridized carbons (Fsp3) is 0.350. The first-order valence-electron chi connectivity index (χ1n) is 8.46. The van der Waals surface area contributed by atoms with Crippen molar-refractivity contribution in [2.75, 3.05) is 6.54 Å². The molecule has 1 atom stereocenters. The molecule has 0 heterocycles. The molecule has 3 rings (SSSR count). The van der Waals surface area contributed by atoms with Crippen LogP contribution in [0.1, 0.15) is 34.3 Å². The third-order valence-electron chi connectivity index (χ3n) is 4.54. The highest BCUT2D eigenvalue weighted by molar-refractivity contribution is 5.97. The molecule has 5 heteroatoms. The highest BCUT2D eigenvalue weighted by atomic mass is 35.5. The van der Waals surface area contributed by atoms with Crippen molar-refractivity contribution in [1.82, 2.24) is 5.32 Å². The zero-order valence-electron chi connectivity index (χ0n) is 14.4. The van der Waals surface area contributed by atoms with Crippen molar-refractivity contribution in [2.45, 2.75) is 32.4 Å². The minimum atomic E-state index is -0.113. The van der Waals surface area contributed by atoms with Crippen molar-refractivity contribution in [3.63, 3.8) is 0 Å². The van der Waals surface area contributed by atoms with E-state index in [4.69, 9.17) is 10.5 Å². The van der Waals surface area contributed by atoms with E-state index in [-0.39, 0.29) is 24.4 Å². The Labute approximate surface area is 155 Å². The first-order chi connectivity index (χ1) is 11.7. The molecule has 0 bridgehead atoms. The van der Waals surface area contributed by atoms with E-state index in [1.54, 1.807) is 6.07 Å². The number of nitrogens with one attached hydrogen (secondary N) is 1. The maximum Gasteiger partial charge on any atom is 0.255 e. The molecule has 0 saturated heterocycles. The molecule has 1 aliphatic carbocycles. The Bertz CT molecular complexity index is 716. The van der Waals surface area contributed by atoms with Crippen LogP contribution in [-0.2, 0) is 6.61 Å². The molecule has 0 aromatic heterocycles. The number of ether oxygens (including phenoxy) is 1. The van der Waals surface area contributed by atoms with E-state index in [1.165, 1.54) is 5.56 Å². The Kier molecular flexibility index (Phi) is 6.85. The number of para-hydroxylation sites is 1. The maximum absolute atomic E-state index is 12.6. The number of amides is 1. The third kappa shape index (κ3) is 4.97. The summed E-state index contributed by atoms with van der Waals surface area (Å²) in [6, 6.07) is 15.5. The zero-order valence-corrected chi connectivity index (χ0v) is 15.2. The van der Waals surface area contributed by atoms with Gasteiger partial charge >= 0.3 is 0 Å². The average Bonchev–Trinajstić information content (AvgIpc) is 3.44. The molecule has 134 valence electrons. The van der Waals surface area contributed by atoms with Crippen LogP contribution in [-0.4, -0.2) is 18.5 Å². The van der Waals surface area contributed by atoms with Gasteiger partial charge in [0.15, 0.2) is 0 Å². The summed E-state index contributed by atoms with van der Waals surface area (Å²) in [5, 5.41) is 3.05. The second kappa shape index (κ2) is 8.88. The average molecular weight is 361 g/mol. The molecule has 1 fully saturated rings. The molecule has 0 aliphatic heterocycles. The monoisotopic (exact) mass is 360 g/mol. The number of hydrogen-bond donors (Lipinski definition) is 2. The van der Waals surface area contributed by atoms with Crippen LogP contribution in [0, 0.1) is 12.8 Å². The Morgan fingerprint density at radius 1 is 1.20 bits per heavy atom. The first-order valence-corrected chi connectivity index (χ1v) is 8.46. The normalized spacial score (nSPS) is 14.3. The molecule has 0 radical (unpaired) electrons. The fourth-order valence-electron chi connectivity index (χ4n) is 2.82. The molecule has 2 aromatic rings. The Hall–Kier alpha value is -2.04. The van der Waals surface area contributed by atoms with Crippen LogP contribution in [0.4, 0.5) is 0 Å². The van der Waals surface area contributed by atoms with Gasteiger partial charge in [0, 0.05) is 12.6 Å². The van der Waals surface area contributed by atoms with Crippen LogP contribution >= 0.6 is 12.4 Å². The second-order valence-electron chi connectivity index (χ2n) is 6.36. The van der Waals surface area contributed by atoms with Gasteiger partial charge in [-0.2, -0.15) is 0 Å². The SMILES string of the molecule is Cc1ccccc1COc1ccccc1C(=O)NC(CN)C1CC1.Cl. The van der Waals surface area contributed by atoms with E-state index in [2.05, 4.69) is 18.3 Å². The summed E-state index contributed by atoms with van der Waals surface area (Å²) >= 11 is 0. The number of aryl methyl sites for hydroxylation is 1. The molecule has 1 saturated carbocycles. The second-order valence-corrected chi connectivity index (χ2v) is 6.36. The number of carbonyl (C=O) groups excluding carboxylic acids is 1. The summed E-state index contributed by atoms with van der Waals surface area (Å²) in [4.78, 5) is 12.6. The smallest absolute Gasteiger partial charge is 0.255 e. The fourth-order valence-corrected chi connectivity index (χ4v) is 2.82. The van der Waals surface area contributed by atoms with Crippen LogP contribution in [0.25, 0.3) is 0 Å². The standard InChI is InChI=1S/C20H24N2O2.ClH/c1-14-6-2-3-7-16(14)13-24-19-9-5-4-8-17(19)20(23)22-18(12-21)15-10-11-15;/h2-9,15,18H,10-13,21H2,1H3,(H,22,23);1H. The number of benzene rings is 2. The number of hydrogen-bond acceptors (Lipinski definition) is 3. The number of rotatable bonds is 7. The van der Waals surface area contributed by atoms with Gasteiger partial charge in [0.2, 0.25) is 0 Å². The number of halogens is 1. The van der Waals surface area contributed by atoms with E-state index in [0.29, 0.717) is 30.4 Å². The van der Waals surface area contributed by atoms with Crippen LogP contribution in [0.3, 0.4) is 0 Å². The molecular formula is C20H25ClN2O2. The van der Waals surface area contributed by atoms with Crippen LogP contribution in [0.5, 0.6) is 5.75 Å². The lowest BCUT2D eigenvalue weighted by Crippen LogP contribution is -2.41. The Morgan fingerprint density at radius 3 is 2.56 bits per heavy atom. The van der Waals surface area contributed by atoms with Gasteiger partial charge in [0.25, 0.3) is 5.91 Å². The van der Waals surface area contributed by atoms with Crippen molar-refractivity contribution >= 4 is 18.3 Å². The van der Waals surface area contributed by atoms with E-state index in [1.807, 2.05) is 36.4 Å². The zero-order chi connectivity index (χ0) is 16.9. The highest BCUT2D eigenvalue weighted by Crippen LogP contribution is 2.32. The van der Waals surface area contributed by atoms with Gasteiger partial charge < -0.3 is 15.8 Å². The molecule has 1 aliphatic rings. The Balaban J connectivity index is 0.00000225. The minimum absolute atomic E-state index is 0. The van der Waals surface area contributed by atoms with Crippen molar-refractivity contribution in [1.29, 1.82) is 0 Å². The largest absolute Gasteiger partial charge is 0.488 e. The van der Waals surface area contributed by atoms with E-state index < -0.39 is 0 Å². The number of nitrogens with two attached hydrogens (primary N) is 1. The van der Waals surface area contributed by atoms with Gasteiger partial charge in [-0.3, -0.25) is 4.79 Å². The van der Waals surface area contributed by atoms with Crippen molar-refractivity contribution in [3.05, 3.63) is 65.2 Å². The van der Waals surface area contributed by atoms with Gasteiger partial charge in [-0.1, -0.05) is 36.4 Å². The minimum Gasteiger partial charge on any atom is -0.488 e. The molecule has 4 nitrogen and oxygen atoms in total. The topological polar surface area (TPSA) is 64.3 Å². The van der Waals surface area contributed by atoms with Gasteiger partial charge in [-0.25, -0.2) is 0 Å². The van der Waals surface area contributed by atoms with Gasteiger partial charge in [0.05, 0.1) is 5.56 Å². The molecule has 3 N–H and O–H groups in total. The predicted molar refractivity (Wildman–Crippen MR) is 102 cm³/mol. The highest BCUT2D eigenvalue weighted by Gasteiger charge is 2.31. The van der Waals surface area contributed by atoms with Crippen molar-refractivity contribution < 1.29 is 9.53 Å². The molecule has 25 heavy (non-hydrogen) atoms. The maximum atomic E-state index is 12.6. The number of carbonyl (C=O) groups is 1. The lowest BCUT2D eigenvalue weighted by molar-refractivity contribution is 0.0929. The summed E-state index contributed by atoms with van der Waals surface area (Å²) in [7, 11) is 0. The third-order valence-corrected chi connectivity index (χ3v) is 4.54. The van der Waals surface area contributed by atoms with Gasteiger partial charge in [-0.05, 0) is 48.9 Å².